The molecule has 3 aromatic rings. The fourth-order valence-corrected chi connectivity index (χ4v) is 3.74. The van der Waals surface area contributed by atoms with Crippen molar-refractivity contribution in [2.75, 3.05) is 24.8 Å². The van der Waals surface area contributed by atoms with Crippen molar-refractivity contribution in [2.45, 2.75) is 25.5 Å². The molecule has 0 spiro atoms. The number of carbonyl (C=O) groups is 2. The first kappa shape index (κ1) is 20.9. The number of benzene rings is 2. The molecule has 3 amide bonds. The molecule has 3 rings (SSSR count). The Hall–Kier alpha value is -2.84. The fraction of sp³-hybridized carbons (Fsp3) is 0.286. The molecule has 0 atom stereocenters. The minimum absolute atomic E-state index is 0.0799. The Kier molecular flexibility index (Phi) is 6.90. The summed E-state index contributed by atoms with van der Waals surface area (Å²) in [4.78, 5) is 29.0. The molecule has 0 bridgehead atoms. The maximum atomic E-state index is 12.3. The van der Waals surface area contributed by atoms with Crippen LogP contribution in [0.25, 0.3) is 11.0 Å². The van der Waals surface area contributed by atoms with Gasteiger partial charge < -0.3 is 14.6 Å². The maximum Gasteiger partial charge on any atom is 0.325 e. The van der Waals surface area contributed by atoms with Crippen LogP contribution in [0, 0.1) is 13.8 Å². The number of methoxy groups -OCH3 is 1. The number of carbonyl (C=O) groups excluding carboxylic acids is 2. The molecule has 7 nitrogen and oxygen atoms in total. The first-order chi connectivity index (χ1) is 14.0. The minimum Gasteiger partial charge on any atom is -0.383 e. The van der Waals surface area contributed by atoms with Gasteiger partial charge in [0, 0.05) is 19.3 Å². The van der Waals surface area contributed by atoms with Crippen LogP contribution in [0.1, 0.15) is 11.1 Å². The average molecular weight is 413 g/mol. The minimum atomic E-state index is -0.544. The molecule has 2 N–H and O–H groups in total. The SMILES string of the molecule is COCCn1c(SCC(=O)NC(=O)Nc2cccc(C)c2C)nc2ccccc21. The first-order valence-corrected chi connectivity index (χ1v) is 10.2. The van der Waals surface area contributed by atoms with Crippen LogP contribution in [-0.2, 0) is 16.1 Å². The molecule has 0 aliphatic heterocycles. The highest BCUT2D eigenvalue weighted by molar-refractivity contribution is 7.99. The Balaban J connectivity index is 1.61. The number of amides is 3. The van der Waals surface area contributed by atoms with E-state index in [4.69, 9.17) is 4.74 Å². The van der Waals surface area contributed by atoms with Crippen LogP contribution >= 0.6 is 11.8 Å². The van der Waals surface area contributed by atoms with E-state index in [0.29, 0.717) is 24.0 Å². The van der Waals surface area contributed by atoms with Crippen LogP contribution in [0.2, 0.25) is 0 Å². The highest BCUT2D eigenvalue weighted by atomic mass is 32.2. The van der Waals surface area contributed by atoms with Gasteiger partial charge in [-0.25, -0.2) is 9.78 Å². The van der Waals surface area contributed by atoms with E-state index >= 15 is 0 Å². The normalized spacial score (nSPS) is 10.9. The van der Waals surface area contributed by atoms with E-state index in [1.54, 1.807) is 13.2 Å². The number of urea groups is 1. The van der Waals surface area contributed by atoms with E-state index in [1.165, 1.54) is 11.8 Å². The summed E-state index contributed by atoms with van der Waals surface area (Å²) in [5, 5.41) is 5.81. The van der Waals surface area contributed by atoms with E-state index in [0.717, 1.165) is 22.2 Å². The van der Waals surface area contributed by atoms with Crippen LogP contribution in [0.3, 0.4) is 0 Å². The lowest BCUT2D eigenvalue weighted by Gasteiger charge is -2.11. The molecule has 0 aliphatic rings. The fourth-order valence-electron chi connectivity index (χ4n) is 2.90. The van der Waals surface area contributed by atoms with E-state index in [2.05, 4.69) is 15.6 Å². The van der Waals surface area contributed by atoms with Crippen LogP contribution < -0.4 is 10.6 Å². The van der Waals surface area contributed by atoms with Gasteiger partial charge in [0.05, 0.1) is 23.4 Å². The predicted molar refractivity (Wildman–Crippen MR) is 115 cm³/mol. The molecular formula is C21H24N4O3S. The molecule has 29 heavy (non-hydrogen) atoms. The van der Waals surface area contributed by atoms with Gasteiger partial charge in [-0.05, 0) is 43.2 Å². The van der Waals surface area contributed by atoms with Gasteiger partial charge in [0.2, 0.25) is 5.91 Å². The van der Waals surface area contributed by atoms with Crippen molar-refractivity contribution < 1.29 is 14.3 Å². The Morgan fingerprint density at radius 2 is 1.93 bits per heavy atom. The highest BCUT2D eigenvalue weighted by Crippen LogP contribution is 2.24. The zero-order chi connectivity index (χ0) is 20.8. The molecule has 0 saturated heterocycles. The first-order valence-electron chi connectivity index (χ1n) is 9.23. The summed E-state index contributed by atoms with van der Waals surface area (Å²) in [6.45, 7) is 5.06. The second-order valence-corrected chi connectivity index (χ2v) is 7.51. The smallest absolute Gasteiger partial charge is 0.325 e. The van der Waals surface area contributed by atoms with Crippen molar-refractivity contribution >= 4 is 40.4 Å². The summed E-state index contributed by atoms with van der Waals surface area (Å²) >= 11 is 1.29. The number of thioether (sulfide) groups is 1. The molecule has 0 unspecified atom stereocenters. The molecule has 152 valence electrons. The van der Waals surface area contributed by atoms with Crippen molar-refractivity contribution in [2.24, 2.45) is 0 Å². The van der Waals surface area contributed by atoms with Gasteiger partial charge in [-0.15, -0.1) is 0 Å². The standard InChI is InChI=1S/C21H24N4O3S/c1-14-7-6-9-16(15(14)2)22-20(27)24-19(26)13-29-21-23-17-8-4-5-10-18(17)25(21)11-12-28-3/h4-10H,11-13H2,1-3H3,(H2,22,24,26,27). The Bertz CT molecular complexity index is 1030. The number of imidazole rings is 1. The third-order valence-electron chi connectivity index (χ3n) is 4.58. The molecule has 0 saturated carbocycles. The number of para-hydroxylation sites is 2. The number of rotatable bonds is 7. The number of anilines is 1. The quantitative estimate of drug-likeness (QED) is 0.578. The number of hydrogen-bond acceptors (Lipinski definition) is 5. The van der Waals surface area contributed by atoms with Gasteiger partial charge in [-0.1, -0.05) is 36.0 Å². The molecular weight excluding hydrogens is 388 g/mol. The number of fused-ring (bicyclic) bond motifs is 1. The summed E-state index contributed by atoms with van der Waals surface area (Å²) in [7, 11) is 1.65. The van der Waals surface area contributed by atoms with Crippen LogP contribution in [0.5, 0.6) is 0 Å². The van der Waals surface area contributed by atoms with Crippen LogP contribution in [-0.4, -0.2) is 41.0 Å². The average Bonchev–Trinajstić information content (AvgIpc) is 3.05. The lowest BCUT2D eigenvalue weighted by molar-refractivity contribution is -0.117. The number of nitrogens with one attached hydrogen (secondary N) is 2. The summed E-state index contributed by atoms with van der Waals surface area (Å²) in [6, 6.07) is 12.9. The van der Waals surface area contributed by atoms with Gasteiger partial charge in [0.15, 0.2) is 5.16 Å². The molecule has 0 fully saturated rings. The van der Waals surface area contributed by atoms with Crippen molar-refractivity contribution in [3.8, 4) is 0 Å². The molecule has 0 radical (unpaired) electrons. The molecule has 8 heteroatoms. The summed E-state index contributed by atoms with van der Waals surface area (Å²) in [6.07, 6.45) is 0. The second kappa shape index (κ2) is 9.58. The number of aromatic nitrogens is 2. The van der Waals surface area contributed by atoms with Crippen LogP contribution in [0.4, 0.5) is 10.5 Å². The Morgan fingerprint density at radius 1 is 1.14 bits per heavy atom. The van der Waals surface area contributed by atoms with Crippen molar-refractivity contribution in [1.29, 1.82) is 0 Å². The van der Waals surface area contributed by atoms with E-state index in [-0.39, 0.29) is 11.7 Å². The van der Waals surface area contributed by atoms with Gasteiger partial charge in [0.1, 0.15) is 0 Å². The predicted octanol–water partition coefficient (Wildman–Crippen LogP) is 3.74. The zero-order valence-corrected chi connectivity index (χ0v) is 17.5. The van der Waals surface area contributed by atoms with E-state index < -0.39 is 6.03 Å². The Labute approximate surface area is 173 Å². The second-order valence-electron chi connectivity index (χ2n) is 6.57. The lowest BCUT2D eigenvalue weighted by Crippen LogP contribution is -2.35. The van der Waals surface area contributed by atoms with Crippen molar-refractivity contribution in [3.05, 3.63) is 53.6 Å². The van der Waals surface area contributed by atoms with Gasteiger partial charge in [-0.2, -0.15) is 0 Å². The van der Waals surface area contributed by atoms with Gasteiger partial charge >= 0.3 is 6.03 Å². The molecule has 2 aromatic carbocycles. The highest BCUT2D eigenvalue weighted by Gasteiger charge is 2.14. The third-order valence-corrected chi connectivity index (χ3v) is 5.55. The van der Waals surface area contributed by atoms with Gasteiger partial charge in [-0.3, -0.25) is 10.1 Å². The number of nitrogens with zero attached hydrogens (tertiary/aromatic N) is 2. The topological polar surface area (TPSA) is 85.2 Å². The molecule has 0 aliphatic carbocycles. The summed E-state index contributed by atoms with van der Waals surface area (Å²) in [5.41, 5.74) is 4.57. The summed E-state index contributed by atoms with van der Waals surface area (Å²) in [5.74, 6) is -0.306. The molecule has 1 aromatic heterocycles. The van der Waals surface area contributed by atoms with Crippen molar-refractivity contribution in [3.63, 3.8) is 0 Å². The molecule has 1 heterocycles. The van der Waals surface area contributed by atoms with Crippen molar-refractivity contribution in [1.82, 2.24) is 14.9 Å². The largest absolute Gasteiger partial charge is 0.383 e. The maximum absolute atomic E-state index is 12.3. The third kappa shape index (κ3) is 5.16. The summed E-state index contributed by atoms with van der Waals surface area (Å²) < 4.78 is 7.20. The van der Waals surface area contributed by atoms with E-state index in [1.807, 2.05) is 54.8 Å². The lowest BCUT2D eigenvalue weighted by atomic mass is 10.1. The van der Waals surface area contributed by atoms with Crippen LogP contribution in [0.15, 0.2) is 47.6 Å². The number of hydrogen-bond donors (Lipinski definition) is 2. The monoisotopic (exact) mass is 412 g/mol. The zero-order valence-electron chi connectivity index (χ0n) is 16.7. The van der Waals surface area contributed by atoms with Gasteiger partial charge in [0.25, 0.3) is 0 Å². The number of imide groups is 1. The number of ether oxygens (including phenoxy) is 1. The Morgan fingerprint density at radius 3 is 2.72 bits per heavy atom. The van der Waals surface area contributed by atoms with E-state index in [9.17, 15) is 9.59 Å². The number of aryl methyl sites for hydroxylation is 1.